The number of furan rings is 1. The molecule has 0 saturated carbocycles. The Morgan fingerprint density at radius 3 is 2.42 bits per heavy atom. The largest absolute Gasteiger partial charge is 0.457 e. The molecule has 0 N–H and O–H groups in total. The molecule has 3 rings (SSSR count). The van der Waals surface area contributed by atoms with E-state index in [4.69, 9.17) is 16.0 Å². The van der Waals surface area contributed by atoms with E-state index >= 15 is 0 Å². The zero-order valence-corrected chi connectivity index (χ0v) is 12.1. The molecule has 0 aliphatic heterocycles. The standard InChI is InChI=1S/C15H9BrClFO/c16-15-12(7-8-19-15)14(17)11-5-6-13(18)10-4-2-1-3-9(10)11/h1-8,14H. The first-order valence-electron chi connectivity index (χ1n) is 5.72. The maximum Gasteiger partial charge on any atom is 0.173 e. The van der Waals surface area contributed by atoms with Crippen molar-refractivity contribution in [2.75, 3.05) is 0 Å². The van der Waals surface area contributed by atoms with Crippen LogP contribution in [0.2, 0.25) is 0 Å². The van der Waals surface area contributed by atoms with Gasteiger partial charge in [0.2, 0.25) is 0 Å². The number of rotatable bonds is 2. The van der Waals surface area contributed by atoms with Gasteiger partial charge in [-0.25, -0.2) is 4.39 Å². The van der Waals surface area contributed by atoms with Crippen molar-refractivity contribution in [1.82, 2.24) is 0 Å². The van der Waals surface area contributed by atoms with E-state index in [0.717, 1.165) is 16.5 Å². The van der Waals surface area contributed by atoms with Crippen molar-refractivity contribution in [3.63, 3.8) is 0 Å². The molecule has 96 valence electrons. The summed E-state index contributed by atoms with van der Waals surface area (Å²) in [5.74, 6) is -0.241. The van der Waals surface area contributed by atoms with Crippen molar-refractivity contribution in [2.24, 2.45) is 0 Å². The lowest BCUT2D eigenvalue weighted by atomic mass is 9.99. The molecular weight excluding hydrogens is 331 g/mol. The van der Waals surface area contributed by atoms with Gasteiger partial charge >= 0.3 is 0 Å². The number of benzene rings is 2. The quantitative estimate of drug-likeness (QED) is 0.549. The Hall–Kier alpha value is -1.32. The molecule has 0 radical (unpaired) electrons. The van der Waals surface area contributed by atoms with E-state index in [1.165, 1.54) is 6.07 Å². The molecule has 0 aliphatic rings. The van der Waals surface area contributed by atoms with Gasteiger partial charge in [-0.3, -0.25) is 0 Å². The van der Waals surface area contributed by atoms with Crippen molar-refractivity contribution in [2.45, 2.75) is 5.38 Å². The summed E-state index contributed by atoms with van der Waals surface area (Å²) in [5, 5.41) is 1.000. The highest BCUT2D eigenvalue weighted by molar-refractivity contribution is 9.10. The van der Waals surface area contributed by atoms with Crippen molar-refractivity contribution >= 4 is 38.3 Å². The summed E-state index contributed by atoms with van der Waals surface area (Å²) < 4.78 is 19.6. The van der Waals surface area contributed by atoms with E-state index < -0.39 is 5.38 Å². The van der Waals surface area contributed by atoms with Crippen molar-refractivity contribution in [3.8, 4) is 0 Å². The van der Waals surface area contributed by atoms with E-state index in [9.17, 15) is 4.39 Å². The molecule has 3 aromatic rings. The number of halogens is 3. The van der Waals surface area contributed by atoms with Crippen LogP contribution < -0.4 is 0 Å². The summed E-state index contributed by atoms with van der Waals surface area (Å²) >= 11 is 9.81. The Kier molecular flexibility index (Phi) is 3.33. The molecule has 1 nitrogen and oxygen atoms in total. The Bertz CT molecular complexity index is 738. The molecule has 0 amide bonds. The second-order valence-corrected chi connectivity index (χ2v) is 5.35. The molecular formula is C15H9BrClFO. The Balaban J connectivity index is 2.21. The average Bonchev–Trinajstić information content (AvgIpc) is 2.85. The van der Waals surface area contributed by atoms with E-state index in [1.54, 1.807) is 24.5 Å². The van der Waals surface area contributed by atoms with Gasteiger partial charge in [-0.2, -0.15) is 0 Å². The average molecular weight is 340 g/mol. The number of alkyl halides is 1. The van der Waals surface area contributed by atoms with Crippen LogP contribution in [0.25, 0.3) is 10.8 Å². The molecule has 0 bridgehead atoms. The van der Waals surface area contributed by atoms with E-state index in [-0.39, 0.29) is 5.82 Å². The first kappa shape index (κ1) is 12.7. The fraction of sp³-hybridized carbons (Fsp3) is 0.0667. The third-order valence-electron chi connectivity index (χ3n) is 3.10. The minimum Gasteiger partial charge on any atom is -0.457 e. The van der Waals surface area contributed by atoms with Crippen LogP contribution in [0.4, 0.5) is 4.39 Å². The minimum atomic E-state index is -0.390. The molecule has 19 heavy (non-hydrogen) atoms. The molecule has 0 fully saturated rings. The van der Waals surface area contributed by atoms with Gasteiger partial charge in [0.15, 0.2) is 4.67 Å². The highest BCUT2D eigenvalue weighted by atomic mass is 79.9. The van der Waals surface area contributed by atoms with Gasteiger partial charge in [-0.15, -0.1) is 11.6 Å². The Labute approximate surface area is 123 Å². The molecule has 1 unspecified atom stereocenters. The van der Waals surface area contributed by atoms with E-state index in [1.807, 2.05) is 18.2 Å². The van der Waals surface area contributed by atoms with Crippen LogP contribution in [0, 0.1) is 5.82 Å². The third kappa shape index (κ3) is 2.17. The summed E-state index contributed by atoms with van der Waals surface area (Å²) in [7, 11) is 0. The highest BCUT2D eigenvalue weighted by Gasteiger charge is 2.19. The van der Waals surface area contributed by atoms with Gasteiger partial charge in [0.05, 0.1) is 11.6 Å². The van der Waals surface area contributed by atoms with Gasteiger partial charge in [-0.1, -0.05) is 30.3 Å². The van der Waals surface area contributed by atoms with Gasteiger partial charge in [-0.05, 0) is 39.0 Å². The Morgan fingerprint density at radius 2 is 1.74 bits per heavy atom. The van der Waals surface area contributed by atoms with Crippen molar-refractivity contribution in [3.05, 3.63) is 70.3 Å². The normalized spacial score (nSPS) is 12.8. The van der Waals surface area contributed by atoms with Gasteiger partial charge < -0.3 is 4.42 Å². The van der Waals surface area contributed by atoms with Crippen LogP contribution in [0.15, 0.2) is 57.8 Å². The Morgan fingerprint density at radius 1 is 1.00 bits per heavy atom. The monoisotopic (exact) mass is 338 g/mol. The summed E-state index contributed by atoms with van der Waals surface area (Å²) in [6.45, 7) is 0. The molecule has 0 aliphatic carbocycles. The van der Waals surface area contributed by atoms with Crippen LogP contribution in [0.3, 0.4) is 0 Å². The predicted octanol–water partition coefficient (Wildman–Crippen LogP) is 5.66. The third-order valence-corrected chi connectivity index (χ3v) is 4.21. The topological polar surface area (TPSA) is 13.1 Å². The maximum atomic E-state index is 13.8. The summed E-state index contributed by atoms with van der Waals surface area (Å²) in [4.78, 5) is 0. The maximum absolute atomic E-state index is 13.8. The highest BCUT2D eigenvalue weighted by Crippen LogP contribution is 2.38. The summed E-state index contributed by atoms with van der Waals surface area (Å²) in [5.41, 5.74) is 1.69. The molecule has 1 aromatic heterocycles. The minimum absolute atomic E-state index is 0.241. The first-order chi connectivity index (χ1) is 9.18. The summed E-state index contributed by atoms with van der Waals surface area (Å²) in [6, 6.07) is 12.3. The van der Waals surface area contributed by atoms with Crippen LogP contribution in [-0.4, -0.2) is 0 Å². The smallest absolute Gasteiger partial charge is 0.173 e. The lowest BCUT2D eigenvalue weighted by Gasteiger charge is -2.12. The zero-order chi connectivity index (χ0) is 13.4. The van der Waals surface area contributed by atoms with Crippen LogP contribution in [-0.2, 0) is 0 Å². The zero-order valence-electron chi connectivity index (χ0n) is 9.74. The van der Waals surface area contributed by atoms with Crippen LogP contribution >= 0.6 is 27.5 Å². The second-order valence-electron chi connectivity index (χ2n) is 4.19. The molecule has 0 spiro atoms. The fourth-order valence-electron chi connectivity index (χ4n) is 2.16. The summed E-state index contributed by atoms with van der Waals surface area (Å²) in [6.07, 6.45) is 1.57. The van der Waals surface area contributed by atoms with Gasteiger partial charge in [0.1, 0.15) is 5.82 Å². The van der Waals surface area contributed by atoms with E-state index in [0.29, 0.717) is 10.1 Å². The van der Waals surface area contributed by atoms with Crippen LogP contribution in [0.1, 0.15) is 16.5 Å². The lowest BCUT2D eigenvalue weighted by Crippen LogP contribution is -1.95. The van der Waals surface area contributed by atoms with Gasteiger partial charge in [0, 0.05) is 10.9 Å². The van der Waals surface area contributed by atoms with Crippen LogP contribution in [0.5, 0.6) is 0 Å². The number of hydrogen-bond donors (Lipinski definition) is 0. The second kappa shape index (κ2) is 4.99. The number of hydrogen-bond acceptors (Lipinski definition) is 1. The lowest BCUT2D eigenvalue weighted by molar-refractivity contribution is 0.537. The molecule has 4 heteroatoms. The van der Waals surface area contributed by atoms with Gasteiger partial charge in [0.25, 0.3) is 0 Å². The van der Waals surface area contributed by atoms with Crippen molar-refractivity contribution in [1.29, 1.82) is 0 Å². The molecule has 1 heterocycles. The predicted molar refractivity (Wildman–Crippen MR) is 78.0 cm³/mol. The first-order valence-corrected chi connectivity index (χ1v) is 6.95. The van der Waals surface area contributed by atoms with Crippen molar-refractivity contribution < 1.29 is 8.81 Å². The number of fused-ring (bicyclic) bond motifs is 1. The van der Waals surface area contributed by atoms with E-state index in [2.05, 4.69) is 15.9 Å². The molecule has 0 saturated heterocycles. The molecule has 2 aromatic carbocycles. The fourth-order valence-corrected chi connectivity index (χ4v) is 3.12. The SMILES string of the molecule is Fc1ccc(C(Cl)c2ccoc2Br)c2ccccc12. The molecule has 1 atom stereocenters.